The number of aryl methyl sites for hydroxylation is 1. The SMILES string of the molecule is Cc1sc(Br)cc1S(=O)(=O)N(C)C1CNC1.Cl. The zero-order valence-electron chi connectivity index (χ0n) is 9.44. The van der Waals surface area contributed by atoms with Gasteiger partial charge in [0.15, 0.2) is 0 Å². The number of nitrogens with one attached hydrogen (secondary N) is 1. The first-order chi connectivity index (χ1) is 7.43. The van der Waals surface area contributed by atoms with Gasteiger partial charge in [0.2, 0.25) is 10.0 Å². The number of thiophene rings is 1. The highest BCUT2D eigenvalue weighted by atomic mass is 79.9. The zero-order chi connectivity index (χ0) is 11.9. The Labute approximate surface area is 120 Å². The van der Waals surface area contributed by atoms with Gasteiger partial charge in [0, 0.05) is 31.1 Å². The van der Waals surface area contributed by atoms with E-state index in [4.69, 9.17) is 0 Å². The van der Waals surface area contributed by atoms with Crippen LogP contribution in [0.4, 0.5) is 0 Å². The van der Waals surface area contributed by atoms with Gasteiger partial charge in [-0.1, -0.05) is 0 Å². The van der Waals surface area contributed by atoms with Crippen LogP contribution < -0.4 is 5.32 Å². The molecule has 2 heterocycles. The van der Waals surface area contributed by atoms with Crippen molar-refractivity contribution in [1.82, 2.24) is 9.62 Å². The van der Waals surface area contributed by atoms with E-state index >= 15 is 0 Å². The van der Waals surface area contributed by atoms with E-state index in [-0.39, 0.29) is 18.4 Å². The molecule has 0 saturated carbocycles. The van der Waals surface area contributed by atoms with E-state index in [2.05, 4.69) is 21.2 Å². The Kier molecular flexibility index (Phi) is 5.02. The summed E-state index contributed by atoms with van der Waals surface area (Å²) in [7, 11) is -1.69. The van der Waals surface area contributed by atoms with Gasteiger partial charge in [0.1, 0.15) is 0 Å². The predicted molar refractivity (Wildman–Crippen MR) is 75.6 cm³/mol. The summed E-state index contributed by atoms with van der Waals surface area (Å²) in [5.74, 6) is 0. The van der Waals surface area contributed by atoms with Crippen LogP contribution in [0.5, 0.6) is 0 Å². The minimum atomic E-state index is -3.34. The van der Waals surface area contributed by atoms with E-state index < -0.39 is 10.0 Å². The molecular weight excluding hydrogens is 348 g/mol. The topological polar surface area (TPSA) is 49.4 Å². The summed E-state index contributed by atoms with van der Waals surface area (Å²) in [6.07, 6.45) is 0. The van der Waals surface area contributed by atoms with Gasteiger partial charge in [0.25, 0.3) is 0 Å². The van der Waals surface area contributed by atoms with Crippen molar-refractivity contribution in [3.63, 3.8) is 0 Å². The largest absolute Gasteiger partial charge is 0.313 e. The molecule has 0 aromatic carbocycles. The van der Waals surface area contributed by atoms with E-state index in [1.54, 1.807) is 13.1 Å². The number of rotatable bonds is 3. The van der Waals surface area contributed by atoms with E-state index in [1.165, 1.54) is 15.6 Å². The van der Waals surface area contributed by atoms with Crippen molar-refractivity contribution in [3.8, 4) is 0 Å². The molecule has 98 valence electrons. The third kappa shape index (κ3) is 2.85. The molecule has 1 fully saturated rings. The molecule has 17 heavy (non-hydrogen) atoms. The minimum absolute atomic E-state index is 0. The molecule has 0 bridgehead atoms. The number of hydrogen-bond donors (Lipinski definition) is 1. The first-order valence-electron chi connectivity index (χ1n) is 4.87. The highest BCUT2D eigenvalue weighted by Crippen LogP contribution is 2.31. The summed E-state index contributed by atoms with van der Waals surface area (Å²) >= 11 is 4.76. The van der Waals surface area contributed by atoms with Crippen LogP contribution in [0.15, 0.2) is 14.7 Å². The molecule has 2 rings (SSSR count). The molecule has 0 unspecified atom stereocenters. The molecule has 1 aromatic heterocycles. The second-order valence-electron chi connectivity index (χ2n) is 3.80. The molecule has 8 heteroatoms. The average molecular weight is 362 g/mol. The van der Waals surface area contributed by atoms with Crippen molar-refractivity contribution >= 4 is 49.7 Å². The Morgan fingerprint density at radius 3 is 2.47 bits per heavy atom. The maximum Gasteiger partial charge on any atom is 0.244 e. The van der Waals surface area contributed by atoms with Gasteiger partial charge in [-0.25, -0.2) is 8.42 Å². The van der Waals surface area contributed by atoms with Crippen molar-refractivity contribution in [2.24, 2.45) is 0 Å². The summed E-state index contributed by atoms with van der Waals surface area (Å²) in [5, 5.41) is 3.07. The first-order valence-corrected chi connectivity index (χ1v) is 7.92. The Hall–Kier alpha value is 0.340. The van der Waals surface area contributed by atoms with Crippen LogP contribution in [-0.4, -0.2) is 38.9 Å². The maximum atomic E-state index is 12.3. The molecule has 1 aromatic rings. The molecule has 1 aliphatic rings. The Balaban J connectivity index is 0.00000144. The molecule has 1 N–H and O–H groups in total. The molecular formula is C9H14BrClN2O2S2. The van der Waals surface area contributed by atoms with Crippen molar-refractivity contribution in [1.29, 1.82) is 0 Å². The second-order valence-corrected chi connectivity index (χ2v) is 8.41. The van der Waals surface area contributed by atoms with Crippen molar-refractivity contribution in [2.45, 2.75) is 17.9 Å². The summed E-state index contributed by atoms with van der Waals surface area (Å²) in [6.45, 7) is 3.30. The smallest absolute Gasteiger partial charge is 0.244 e. The van der Waals surface area contributed by atoms with E-state index in [0.717, 1.165) is 21.8 Å². The molecule has 0 atom stereocenters. The molecule has 0 radical (unpaired) electrons. The fourth-order valence-electron chi connectivity index (χ4n) is 1.57. The van der Waals surface area contributed by atoms with Gasteiger partial charge in [-0.2, -0.15) is 4.31 Å². The third-order valence-corrected chi connectivity index (χ3v) is 6.49. The molecule has 4 nitrogen and oxygen atoms in total. The van der Waals surface area contributed by atoms with Crippen LogP contribution in [0.25, 0.3) is 0 Å². The molecule has 0 amide bonds. The van der Waals surface area contributed by atoms with E-state index in [9.17, 15) is 8.42 Å². The third-order valence-electron chi connectivity index (χ3n) is 2.77. The minimum Gasteiger partial charge on any atom is -0.313 e. The summed E-state index contributed by atoms with van der Waals surface area (Å²) in [5.41, 5.74) is 0. The van der Waals surface area contributed by atoms with Crippen LogP contribution >= 0.6 is 39.7 Å². The molecule has 1 saturated heterocycles. The van der Waals surface area contributed by atoms with Gasteiger partial charge in [-0.05, 0) is 28.9 Å². The fourth-order valence-corrected chi connectivity index (χ4v) is 5.30. The lowest BCUT2D eigenvalue weighted by Gasteiger charge is -2.34. The summed E-state index contributed by atoms with van der Waals surface area (Å²) in [4.78, 5) is 1.24. The second kappa shape index (κ2) is 5.54. The van der Waals surface area contributed by atoms with Crippen LogP contribution in [0.3, 0.4) is 0 Å². The predicted octanol–water partition coefficient (Wildman–Crippen LogP) is 1.83. The van der Waals surface area contributed by atoms with Crippen molar-refractivity contribution < 1.29 is 8.42 Å². The number of nitrogens with zero attached hydrogens (tertiary/aromatic N) is 1. The van der Waals surface area contributed by atoms with Crippen molar-refractivity contribution in [2.75, 3.05) is 20.1 Å². The zero-order valence-corrected chi connectivity index (χ0v) is 13.5. The van der Waals surface area contributed by atoms with E-state index in [1.807, 2.05) is 6.92 Å². The maximum absolute atomic E-state index is 12.3. The Morgan fingerprint density at radius 1 is 1.53 bits per heavy atom. The lowest BCUT2D eigenvalue weighted by atomic mass is 10.2. The number of likely N-dealkylation sites (N-methyl/N-ethyl adjacent to an activating group) is 1. The van der Waals surface area contributed by atoms with Crippen LogP contribution in [0, 0.1) is 6.92 Å². The Morgan fingerprint density at radius 2 is 2.12 bits per heavy atom. The van der Waals surface area contributed by atoms with Crippen LogP contribution in [-0.2, 0) is 10.0 Å². The average Bonchev–Trinajstić information content (AvgIpc) is 2.42. The monoisotopic (exact) mass is 360 g/mol. The quantitative estimate of drug-likeness (QED) is 0.893. The van der Waals surface area contributed by atoms with Gasteiger partial charge in [0.05, 0.1) is 8.68 Å². The number of hydrogen-bond acceptors (Lipinski definition) is 4. The molecule has 0 aliphatic carbocycles. The first kappa shape index (κ1) is 15.4. The van der Waals surface area contributed by atoms with Gasteiger partial charge in [-0.3, -0.25) is 0 Å². The number of halogens is 2. The Bertz CT molecular complexity index is 499. The molecule has 1 aliphatic heterocycles. The number of sulfonamides is 1. The summed E-state index contributed by atoms with van der Waals surface area (Å²) in [6, 6.07) is 1.76. The lowest BCUT2D eigenvalue weighted by molar-refractivity contribution is 0.274. The van der Waals surface area contributed by atoms with Gasteiger partial charge in [-0.15, -0.1) is 23.7 Å². The highest BCUT2D eigenvalue weighted by molar-refractivity contribution is 9.11. The van der Waals surface area contributed by atoms with Gasteiger partial charge < -0.3 is 5.32 Å². The van der Waals surface area contributed by atoms with Crippen LogP contribution in [0.1, 0.15) is 4.88 Å². The summed E-state index contributed by atoms with van der Waals surface area (Å²) < 4.78 is 26.9. The highest BCUT2D eigenvalue weighted by Gasteiger charge is 2.33. The molecule has 0 spiro atoms. The van der Waals surface area contributed by atoms with Gasteiger partial charge >= 0.3 is 0 Å². The normalized spacial score (nSPS) is 16.7. The van der Waals surface area contributed by atoms with Crippen molar-refractivity contribution in [3.05, 3.63) is 14.7 Å². The standard InChI is InChI=1S/C9H13BrN2O2S2.ClH/c1-6-8(3-9(10)15-6)16(13,14)12(2)7-4-11-5-7;/h3,7,11H,4-5H2,1-2H3;1H. The lowest BCUT2D eigenvalue weighted by Crippen LogP contribution is -2.57. The van der Waals surface area contributed by atoms with Crippen LogP contribution in [0.2, 0.25) is 0 Å². The van der Waals surface area contributed by atoms with E-state index in [0.29, 0.717) is 4.90 Å². The fraction of sp³-hybridized carbons (Fsp3) is 0.556.